The second-order valence-corrected chi connectivity index (χ2v) is 4.96. The Kier molecular flexibility index (Phi) is 4.01. The maximum absolute atomic E-state index is 12.8. The van der Waals surface area contributed by atoms with E-state index in [1.165, 1.54) is 12.1 Å². The summed E-state index contributed by atoms with van der Waals surface area (Å²) in [5, 5.41) is 7.66. The quantitative estimate of drug-likeness (QED) is 0.743. The zero-order chi connectivity index (χ0) is 15.4. The Morgan fingerprint density at radius 2 is 1.64 bits per heavy atom. The van der Waals surface area contributed by atoms with Crippen LogP contribution < -0.4 is 10.6 Å². The number of amides is 2. The van der Waals surface area contributed by atoms with Crippen molar-refractivity contribution in [1.29, 1.82) is 0 Å². The summed E-state index contributed by atoms with van der Waals surface area (Å²) >= 11 is 0. The lowest BCUT2D eigenvalue weighted by atomic mass is 10.1. The van der Waals surface area contributed by atoms with Crippen LogP contribution in [0, 0.1) is 5.82 Å². The number of anilines is 1. The molecular weight excluding hydrogens is 279 g/mol. The van der Waals surface area contributed by atoms with Crippen molar-refractivity contribution in [3.05, 3.63) is 78.1 Å². The van der Waals surface area contributed by atoms with Gasteiger partial charge in [0.1, 0.15) is 5.82 Å². The number of hydrogen-bond acceptors (Lipinski definition) is 1. The molecular formula is C18H15FN2O. The van der Waals surface area contributed by atoms with E-state index in [-0.39, 0.29) is 11.8 Å². The molecule has 2 N–H and O–H groups in total. The van der Waals surface area contributed by atoms with E-state index in [0.717, 1.165) is 22.0 Å². The molecule has 0 aliphatic carbocycles. The first-order valence-electron chi connectivity index (χ1n) is 6.99. The molecule has 0 unspecified atom stereocenters. The van der Waals surface area contributed by atoms with Gasteiger partial charge in [0.2, 0.25) is 0 Å². The molecule has 3 nitrogen and oxygen atoms in total. The average Bonchev–Trinajstić information content (AvgIpc) is 2.55. The van der Waals surface area contributed by atoms with Crippen LogP contribution >= 0.6 is 0 Å². The summed E-state index contributed by atoms with van der Waals surface area (Å²) in [5.74, 6) is -0.288. The zero-order valence-corrected chi connectivity index (χ0v) is 11.8. The van der Waals surface area contributed by atoms with Crippen LogP contribution in [0.4, 0.5) is 14.9 Å². The minimum absolute atomic E-state index is 0.288. The summed E-state index contributed by atoms with van der Waals surface area (Å²) in [6.07, 6.45) is 0. The molecule has 0 bridgehead atoms. The van der Waals surface area contributed by atoms with Crippen molar-refractivity contribution in [3.63, 3.8) is 0 Å². The van der Waals surface area contributed by atoms with Crippen molar-refractivity contribution in [2.24, 2.45) is 0 Å². The molecule has 0 aliphatic rings. The van der Waals surface area contributed by atoms with Crippen LogP contribution in [0.1, 0.15) is 5.56 Å². The van der Waals surface area contributed by atoms with Crippen molar-refractivity contribution in [2.45, 2.75) is 6.54 Å². The van der Waals surface area contributed by atoms with E-state index in [0.29, 0.717) is 6.54 Å². The Bertz CT molecular complexity index is 794. The Hall–Kier alpha value is -2.88. The third-order valence-electron chi connectivity index (χ3n) is 3.40. The predicted octanol–water partition coefficient (Wildman–Crippen LogP) is 4.30. The summed E-state index contributed by atoms with van der Waals surface area (Å²) in [6.45, 7) is 0.344. The van der Waals surface area contributed by atoms with Crippen molar-refractivity contribution in [1.82, 2.24) is 5.32 Å². The molecule has 0 saturated heterocycles. The Labute approximate surface area is 127 Å². The number of nitrogens with one attached hydrogen (secondary N) is 2. The first-order valence-corrected chi connectivity index (χ1v) is 6.99. The lowest BCUT2D eigenvalue weighted by Crippen LogP contribution is -2.28. The fraction of sp³-hybridized carbons (Fsp3) is 0.0556. The summed E-state index contributed by atoms with van der Waals surface area (Å²) in [4.78, 5) is 12.0. The smallest absolute Gasteiger partial charge is 0.319 e. The van der Waals surface area contributed by atoms with Crippen LogP contribution in [0.5, 0.6) is 0 Å². The highest BCUT2D eigenvalue weighted by molar-refractivity contribution is 6.01. The molecule has 0 radical (unpaired) electrons. The number of hydrogen-bond donors (Lipinski definition) is 2. The molecule has 0 spiro atoms. The van der Waals surface area contributed by atoms with Crippen molar-refractivity contribution < 1.29 is 9.18 Å². The Balaban J connectivity index is 1.67. The van der Waals surface area contributed by atoms with Gasteiger partial charge in [-0.15, -0.1) is 0 Å². The van der Waals surface area contributed by atoms with E-state index < -0.39 is 0 Å². The summed E-state index contributed by atoms with van der Waals surface area (Å²) in [6, 6.07) is 19.4. The highest BCUT2D eigenvalue weighted by Gasteiger charge is 2.05. The van der Waals surface area contributed by atoms with E-state index in [1.807, 2.05) is 42.5 Å². The minimum atomic E-state index is -0.291. The first-order chi connectivity index (χ1) is 10.7. The predicted molar refractivity (Wildman–Crippen MR) is 86.2 cm³/mol. The number of urea groups is 1. The molecule has 3 rings (SSSR count). The molecule has 3 aromatic carbocycles. The third kappa shape index (κ3) is 3.23. The fourth-order valence-electron chi connectivity index (χ4n) is 2.29. The molecule has 3 aromatic rings. The largest absolute Gasteiger partial charge is 0.334 e. The fourth-order valence-corrected chi connectivity index (χ4v) is 2.29. The Morgan fingerprint density at radius 1 is 0.909 bits per heavy atom. The van der Waals surface area contributed by atoms with Crippen LogP contribution in [-0.2, 0) is 6.54 Å². The lowest BCUT2D eigenvalue weighted by Gasteiger charge is -2.10. The van der Waals surface area contributed by atoms with E-state index in [2.05, 4.69) is 10.6 Å². The summed E-state index contributed by atoms with van der Waals surface area (Å²) in [5.41, 5.74) is 1.60. The van der Waals surface area contributed by atoms with E-state index in [1.54, 1.807) is 12.1 Å². The van der Waals surface area contributed by atoms with Crippen LogP contribution in [-0.4, -0.2) is 6.03 Å². The molecule has 0 atom stereocenters. The average molecular weight is 294 g/mol. The van der Waals surface area contributed by atoms with Gasteiger partial charge in [0.15, 0.2) is 0 Å². The van der Waals surface area contributed by atoms with Gasteiger partial charge >= 0.3 is 6.03 Å². The van der Waals surface area contributed by atoms with E-state index in [4.69, 9.17) is 0 Å². The highest BCUT2D eigenvalue weighted by atomic mass is 19.1. The third-order valence-corrected chi connectivity index (χ3v) is 3.40. The Morgan fingerprint density at radius 3 is 2.45 bits per heavy atom. The molecule has 110 valence electrons. The van der Waals surface area contributed by atoms with Gasteiger partial charge in [0.05, 0.1) is 5.69 Å². The first kappa shape index (κ1) is 14.1. The van der Waals surface area contributed by atoms with Crippen molar-refractivity contribution in [3.8, 4) is 0 Å². The lowest BCUT2D eigenvalue weighted by molar-refractivity contribution is 0.252. The van der Waals surface area contributed by atoms with Crippen LogP contribution in [0.3, 0.4) is 0 Å². The molecule has 0 heterocycles. The van der Waals surface area contributed by atoms with Gasteiger partial charge < -0.3 is 10.6 Å². The van der Waals surface area contributed by atoms with Gasteiger partial charge in [-0.2, -0.15) is 0 Å². The summed E-state index contributed by atoms with van der Waals surface area (Å²) in [7, 11) is 0. The molecule has 4 heteroatoms. The number of fused-ring (bicyclic) bond motifs is 1. The second-order valence-electron chi connectivity index (χ2n) is 4.96. The van der Waals surface area contributed by atoms with Gasteiger partial charge in [0, 0.05) is 11.9 Å². The number of carbonyl (C=O) groups is 1. The minimum Gasteiger partial charge on any atom is -0.334 e. The zero-order valence-electron chi connectivity index (χ0n) is 11.8. The standard InChI is InChI=1S/C18H15FN2O/c19-15-10-8-13(9-11-15)12-20-18(22)21-17-7-3-5-14-4-1-2-6-16(14)17/h1-11H,12H2,(H2,20,21,22). The maximum Gasteiger partial charge on any atom is 0.319 e. The monoisotopic (exact) mass is 294 g/mol. The van der Waals surface area contributed by atoms with Gasteiger partial charge in [-0.3, -0.25) is 0 Å². The highest BCUT2D eigenvalue weighted by Crippen LogP contribution is 2.22. The van der Waals surface area contributed by atoms with Crippen LogP contribution in [0.15, 0.2) is 66.7 Å². The summed E-state index contributed by atoms with van der Waals surface area (Å²) < 4.78 is 12.8. The van der Waals surface area contributed by atoms with Gasteiger partial charge in [-0.25, -0.2) is 9.18 Å². The number of halogens is 1. The normalized spacial score (nSPS) is 10.4. The van der Waals surface area contributed by atoms with Crippen LogP contribution in [0.2, 0.25) is 0 Å². The van der Waals surface area contributed by atoms with Gasteiger partial charge in [-0.1, -0.05) is 48.5 Å². The second kappa shape index (κ2) is 6.26. The molecule has 0 fully saturated rings. The number of carbonyl (C=O) groups excluding carboxylic acids is 1. The topological polar surface area (TPSA) is 41.1 Å². The van der Waals surface area contributed by atoms with Crippen molar-refractivity contribution >= 4 is 22.5 Å². The molecule has 2 amide bonds. The molecule has 22 heavy (non-hydrogen) atoms. The van der Waals surface area contributed by atoms with E-state index in [9.17, 15) is 9.18 Å². The number of benzene rings is 3. The van der Waals surface area contributed by atoms with Crippen LogP contribution in [0.25, 0.3) is 10.8 Å². The van der Waals surface area contributed by atoms with E-state index >= 15 is 0 Å². The SMILES string of the molecule is O=C(NCc1ccc(F)cc1)Nc1cccc2ccccc12. The molecule has 0 aliphatic heterocycles. The molecule has 0 aromatic heterocycles. The van der Waals surface area contributed by atoms with Gasteiger partial charge in [-0.05, 0) is 29.1 Å². The molecule has 0 saturated carbocycles. The van der Waals surface area contributed by atoms with Gasteiger partial charge in [0.25, 0.3) is 0 Å². The maximum atomic E-state index is 12.8. The number of rotatable bonds is 3. The van der Waals surface area contributed by atoms with Crippen molar-refractivity contribution in [2.75, 3.05) is 5.32 Å².